The van der Waals surface area contributed by atoms with Gasteiger partial charge in [0.25, 0.3) is 0 Å². The van der Waals surface area contributed by atoms with Crippen molar-refractivity contribution in [1.82, 2.24) is 5.16 Å². The van der Waals surface area contributed by atoms with E-state index in [4.69, 9.17) is 9.26 Å². The topological polar surface area (TPSA) is 91.0 Å². The van der Waals surface area contributed by atoms with Crippen molar-refractivity contribution in [2.45, 2.75) is 32.8 Å². The highest BCUT2D eigenvalue weighted by Crippen LogP contribution is 2.21. The summed E-state index contributed by atoms with van der Waals surface area (Å²) in [4.78, 5) is 27.3. The van der Waals surface area contributed by atoms with E-state index in [9.17, 15) is 9.59 Å². The third-order valence-electron chi connectivity index (χ3n) is 3.32. The minimum absolute atomic E-state index is 0.0162. The fourth-order valence-electron chi connectivity index (χ4n) is 2.08. The lowest BCUT2D eigenvalue weighted by molar-refractivity contribution is -0.149. The van der Waals surface area contributed by atoms with Crippen LogP contribution >= 0.6 is 0 Å². The number of aliphatic imine (C=N–C) groups is 1. The molecule has 2 rings (SSSR count). The second-order valence-electron chi connectivity index (χ2n) is 4.98. The maximum atomic E-state index is 12.1. The van der Waals surface area contributed by atoms with Crippen LogP contribution in [-0.2, 0) is 32.1 Å². The molecule has 1 atom stereocenters. The van der Waals surface area contributed by atoms with Crippen LogP contribution < -0.4 is 0 Å². The number of ether oxygens (including phenoxy) is 2. The summed E-state index contributed by atoms with van der Waals surface area (Å²) in [6, 6.07) is 1.57. The van der Waals surface area contributed by atoms with Crippen LogP contribution in [-0.4, -0.2) is 30.4 Å². The first-order valence-corrected chi connectivity index (χ1v) is 6.96. The van der Waals surface area contributed by atoms with Gasteiger partial charge in [0, 0.05) is 18.5 Å². The molecule has 1 aliphatic rings. The molecule has 1 aromatic rings. The van der Waals surface area contributed by atoms with Crippen LogP contribution in [0.4, 0.5) is 0 Å². The first kappa shape index (κ1) is 15.9. The minimum atomic E-state index is -0.406. The molecule has 0 saturated heterocycles. The van der Waals surface area contributed by atoms with Crippen molar-refractivity contribution in [3.8, 4) is 0 Å². The highest BCUT2D eigenvalue weighted by atomic mass is 16.6. The van der Waals surface area contributed by atoms with Crippen LogP contribution in [0.3, 0.4) is 0 Å². The van der Waals surface area contributed by atoms with Crippen LogP contribution in [0, 0.1) is 5.92 Å². The Bertz CT molecular complexity index is 603. The van der Waals surface area contributed by atoms with Crippen molar-refractivity contribution in [3.05, 3.63) is 29.3 Å². The Kier molecular flexibility index (Phi) is 5.46. The Labute approximate surface area is 128 Å². The zero-order valence-electron chi connectivity index (χ0n) is 12.6. The van der Waals surface area contributed by atoms with E-state index in [0.717, 1.165) is 12.0 Å². The van der Waals surface area contributed by atoms with Gasteiger partial charge in [-0.05, 0) is 25.3 Å². The Morgan fingerprint density at radius 3 is 3.05 bits per heavy atom. The number of carbonyl (C=O) groups is 2. The maximum absolute atomic E-state index is 12.1. The molecular weight excluding hydrogens is 288 g/mol. The SMILES string of the molecule is COC(=O)Cc1cc(COC(=O)C2CCC=NC=C2C)on1. The average molecular weight is 306 g/mol. The number of hydrogen-bond donors (Lipinski definition) is 0. The van der Waals surface area contributed by atoms with Crippen molar-refractivity contribution in [2.75, 3.05) is 7.11 Å². The van der Waals surface area contributed by atoms with Crippen molar-refractivity contribution >= 4 is 18.2 Å². The Balaban J connectivity index is 1.87. The number of carbonyl (C=O) groups excluding carboxylic acids is 2. The van der Waals surface area contributed by atoms with Gasteiger partial charge < -0.3 is 14.0 Å². The van der Waals surface area contributed by atoms with E-state index in [-0.39, 0.29) is 24.9 Å². The normalized spacial score (nSPS) is 17.5. The molecule has 0 spiro atoms. The highest BCUT2D eigenvalue weighted by Gasteiger charge is 2.23. The van der Waals surface area contributed by atoms with Crippen LogP contribution in [0.5, 0.6) is 0 Å². The van der Waals surface area contributed by atoms with Crippen molar-refractivity contribution in [2.24, 2.45) is 10.9 Å². The maximum Gasteiger partial charge on any atom is 0.313 e. The smallest absolute Gasteiger partial charge is 0.313 e. The van der Waals surface area contributed by atoms with Gasteiger partial charge in [0.2, 0.25) is 0 Å². The van der Waals surface area contributed by atoms with Gasteiger partial charge in [-0.2, -0.15) is 0 Å². The highest BCUT2D eigenvalue weighted by molar-refractivity contribution is 5.77. The summed E-state index contributed by atoms with van der Waals surface area (Å²) in [7, 11) is 1.30. The number of methoxy groups -OCH3 is 1. The fraction of sp³-hybridized carbons (Fsp3) is 0.467. The predicted molar refractivity (Wildman–Crippen MR) is 77.0 cm³/mol. The molecule has 0 amide bonds. The summed E-state index contributed by atoms with van der Waals surface area (Å²) >= 11 is 0. The van der Waals surface area contributed by atoms with Gasteiger partial charge in [0.15, 0.2) is 12.4 Å². The van der Waals surface area contributed by atoms with Crippen molar-refractivity contribution < 1.29 is 23.6 Å². The molecule has 0 saturated carbocycles. The van der Waals surface area contributed by atoms with E-state index >= 15 is 0 Å². The second kappa shape index (κ2) is 7.53. The van der Waals surface area contributed by atoms with Crippen molar-refractivity contribution in [3.63, 3.8) is 0 Å². The van der Waals surface area contributed by atoms with Gasteiger partial charge in [-0.1, -0.05) is 5.16 Å². The van der Waals surface area contributed by atoms with Gasteiger partial charge >= 0.3 is 11.9 Å². The second-order valence-corrected chi connectivity index (χ2v) is 4.98. The van der Waals surface area contributed by atoms with E-state index in [1.165, 1.54) is 7.11 Å². The Morgan fingerprint density at radius 2 is 2.27 bits per heavy atom. The number of nitrogens with zero attached hydrogens (tertiary/aromatic N) is 2. The third-order valence-corrected chi connectivity index (χ3v) is 3.32. The van der Waals surface area contributed by atoms with Crippen LogP contribution in [0.2, 0.25) is 0 Å². The molecule has 0 N–H and O–H groups in total. The molecule has 7 heteroatoms. The molecule has 0 radical (unpaired) electrons. The summed E-state index contributed by atoms with van der Waals surface area (Å²) in [5.74, 6) is -0.625. The van der Waals surface area contributed by atoms with E-state index in [0.29, 0.717) is 17.9 Å². The quantitative estimate of drug-likeness (QED) is 0.771. The molecule has 22 heavy (non-hydrogen) atoms. The molecule has 0 bridgehead atoms. The first-order chi connectivity index (χ1) is 10.6. The summed E-state index contributed by atoms with van der Waals surface area (Å²) in [5, 5.41) is 3.73. The van der Waals surface area contributed by atoms with Crippen molar-refractivity contribution in [1.29, 1.82) is 0 Å². The predicted octanol–water partition coefficient (Wildman–Crippen LogP) is 1.82. The molecule has 0 aliphatic carbocycles. The standard InChI is InChI=1S/C15H18N2O5/c1-10-8-16-5-3-4-13(10)15(19)21-9-12-6-11(17-22-12)7-14(18)20-2/h5-6,8,13H,3-4,7,9H2,1-2H3. The zero-order chi connectivity index (χ0) is 15.9. The summed E-state index contributed by atoms with van der Waals surface area (Å²) in [6.07, 6.45) is 4.90. The Hall–Kier alpha value is -2.44. The van der Waals surface area contributed by atoms with Crippen LogP contribution in [0.15, 0.2) is 27.4 Å². The van der Waals surface area contributed by atoms with Crippen LogP contribution in [0.25, 0.3) is 0 Å². The largest absolute Gasteiger partial charge is 0.469 e. The van der Waals surface area contributed by atoms with Gasteiger partial charge in [-0.25, -0.2) is 0 Å². The molecule has 1 aliphatic heterocycles. The molecule has 118 valence electrons. The van der Waals surface area contributed by atoms with E-state index in [1.54, 1.807) is 18.5 Å². The number of aromatic nitrogens is 1. The first-order valence-electron chi connectivity index (χ1n) is 6.96. The Morgan fingerprint density at radius 1 is 1.45 bits per heavy atom. The molecule has 1 aromatic heterocycles. The lowest BCUT2D eigenvalue weighted by atomic mass is 9.97. The van der Waals surface area contributed by atoms with Gasteiger partial charge in [0.1, 0.15) is 0 Å². The molecule has 0 aromatic carbocycles. The summed E-state index contributed by atoms with van der Waals surface area (Å²) in [6.45, 7) is 1.84. The van der Waals surface area contributed by atoms with E-state index in [2.05, 4.69) is 14.9 Å². The average Bonchev–Trinajstić information content (AvgIpc) is 2.84. The molecule has 1 unspecified atom stereocenters. The van der Waals surface area contributed by atoms with E-state index in [1.807, 2.05) is 6.92 Å². The van der Waals surface area contributed by atoms with Crippen LogP contribution in [0.1, 0.15) is 31.2 Å². The van der Waals surface area contributed by atoms with Gasteiger partial charge in [-0.15, -0.1) is 0 Å². The number of esters is 2. The van der Waals surface area contributed by atoms with Gasteiger partial charge in [0.05, 0.1) is 25.1 Å². The lowest BCUT2D eigenvalue weighted by Gasteiger charge is -2.13. The summed E-state index contributed by atoms with van der Waals surface area (Å²) in [5.41, 5.74) is 1.32. The number of hydrogen-bond acceptors (Lipinski definition) is 7. The molecule has 2 heterocycles. The van der Waals surface area contributed by atoms with Gasteiger partial charge in [-0.3, -0.25) is 14.6 Å². The minimum Gasteiger partial charge on any atom is -0.469 e. The monoisotopic (exact) mass is 306 g/mol. The zero-order valence-corrected chi connectivity index (χ0v) is 12.6. The third kappa shape index (κ3) is 4.28. The molecule has 7 nitrogen and oxygen atoms in total. The summed E-state index contributed by atoms with van der Waals surface area (Å²) < 4.78 is 14.8. The molecule has 0 fully saturated rings. The number of rotatable bonds is 5. The fourth-order valence-corrected chi connectivity index (χ4v) is 2.08. The molecular formula is C15H18N2O5. The lowest BCUT2D eigenvalue weighted by Crippen LogP contribution is -2.18. The van der Waals surface area contributed by atoms with E-state index < -0.39 is 5.97 Å².